The molecule has 2 atom stereocenters. The zero-order chi connectivity index (χ0) is 27.7. The number of thioether (sulfide) groups is 1. The van der Waals surface area contributed by atoms with Gasteiger partial charge >= 0.3 is 0 Å². The van der Waals surface area contributed by atoms with E-state index in [2.05, 4.69) is 26.1 Å². The van der Waals surface area contributed by atoms with Crippen molar-refractivity contribution in [3.63, 3.8) is 0 Å². The quantitative estimate of drug-likeness (QED) is 0.463. The van der Waals surface area contributed by atoms with E-state index < -0.39 is 10.7 Å². The minimum atomic E-state index is -0.475. The predicted octanol–water partition coefficient (Wildman–Crippen LogP) is 5.08. The average Bonchev–Trinajstić information content (AvgIpc) is 3.53. The van der Waals surface area contributed by atoms with Gasteiger partial charge in [-0.15, -0.1) is 11.8 Å². The summed E-state index contributed by atoms with van der Waals surface area (Å²) in [6.07, 6.45) is 1.88. The molecule has 1 fully saturated rings. The molecule has 7 nitrogen and oxygen atoms in total. The van der Waals surface area contributed by atoms with Crippen LogP contribution in [0.1, 0.15) is 61.2 Å². The van der Waals surface area contributed by atoms with Gasteiger partial charge in [-0.3, -0.25) is 14.5 Å². The topological polar surface area (TPSA) is 76.5 Å². The third kappa shape index (κ3) is 5.61. The third-order valence-corrected chi connectivity index (χ3v) is 8.42. The van der Waals surface area contributed by atoms with Crippen LogP contribution in [-0.4, -0.2) is 53.1 Å². The number of aryl methyl sites for hydroxylation is 1. The number of benzene rings is 2. The van der Waals surface area contributed by atoms with E-state index in [1.54, 1.807) is 16.8 Å². The summed E-state index contributed by atoms with van der Waals surface area (Å²) in [5.74, 6) is -0.203. The molecule has 206 valence electrons. The molecule has 3 heterocycles. The lowest BCUT2D eigenvalue weighted by Crippen LogP contribution is -2.44. The maximum absolute atomic E-state index is 15.3. The van der Waals surface area contributed by atoms with Gasteiger partial charge in [0.25, 0.3) is 0 Å². The first-order chi connectivity index (χ1) is 18.6. The zero-order valence-corrected chi connectivity index (χ0v) is 23.7. The van der Waals surface area contributed by atoms with Crippen LogP contribution in [-0.2, 0) is 19.7 Å². The minimum absolute atomic E-state index is 0.00433. The van der Waals surface area contributed by atoms with Crippen molar-refractivity contribution in [2.75, 3.05) is 30.3 Å². The molecule has 2 aromatic carbocycles. The fourth-order valence-corrected chi connectivity index (χ4v) is 6.43. The van der Waals surface area contributed by atoms with Gasteiger partial charge in [0.15, 0.2) is 0 Å². The first kappa shape index (κ1) is 27.4. The molecule has 1 N–H and O–H groups in total. The number of anilines is 1. The molecule has 9 heteroatoms. The van der Waals surface area contributed by atoms with Crippen LogP contribution in [0.5, 0.6) is 0 Å². The number of rotatable bonds is 6. The lowest BCUT2D eigenvalue weighted by molar-refractivity contribution is -0.123. The molecule has 2 aliphatic rings. The second kappa shape index (κ2) is 11.1. The summed E-state index contributed by atoms with van der Waals surface area (Å²) in [4.78, 5) is 28.5. The van der Waals surface area contributed by atoms with Crippen LogP contribution in [0.3, 0.4) is 0 Å². The van der Waals surface area contributed by atoms with Crippen molar-refractivity contribution in [2.45, 2.75) is 57.3 Å². The molecule has 0 bridgehead atoms. The van der Waals surface area contributed by atoms with Crippen molar-refractivity contribution in [3.05, 3.63) is 76.7 Å². The van der Waals surface area contributed by atoms with Gasteiger partial charge in [0.2, 0.25) is 11.8 Å². The van der Waals surface area contributed by atoms with Gasteiger partial charge in [0.05, 0.1) is 28.5 Å². The number of nitrogens with zero attached hydrogens (tertiary/aromatic N) is 3. The number of nitrogens with one attached hydrogen (secondary N) is 1. The summed E-state index contributed by atoms with van der Waals surface area (Å²) in [5, 5.41) is 7.55. The predicted molar refractivity (Wildman–Crippen MR) is 152 cm³/mol. The molecule has 0 unspecified atom stereocenters. The average molecular weight is 551 g/mol. The van der Waals surface area contributed by atoms with Crippen LogP contribution in [0.4, 0.5) is 10.2 Å². The molecule has 39 heavy (non-hydrogen) atoms. The largest absolute Gasteiger partial charge is 0.376 e. The Hall–Kier alpha value is -3.17. The summed E-state index contributed by atoms with van der Waals surface area (Å²) in [7, 11) is 0. The van der Waals surface area contributed by atoms with E-state index >= 15 is 4.39 Å². The first-order valence-electron chi connectivity index (χ1n) is 13.4. The van der Waals surface area contributed by atoms with Gasteiger partial charge in [0, 0.05) is 29.7 Å². The molecule has 2 aliphatic heterocycles. The van der Waals surface area contributed by atoms with Crippen molar-refractivity contribution in [3.8, 4) is 5.69 Å². The van der Waals surface area contributed by atoms with Crippen LogP contribution in [0.2, 0.25) is 0 Å². The van der Waals surface area contributed by atoms with Crippen LogP contribution in [0.15, 0.2) is 48.5 Å². The number of carbonyl (C=O) groups is 2. The summed E-state index contributed by atoms with van der Waals surface area (Å²) in [5.41, 5.74) is 3.39. The smallest absolute Gasteiger partial charge is 0.240 e. The van der Waals surface area contributed by atoms with E-state index in [-0.39, 0.29) is 36.0 Å². The molecule has 0 saturated carbocycles. The van der Waals surface area contributed by atoms with Gasteiger partial charge in [-0.25, -0.2) is 9.07 Å². The summed E-state index contributed by atoms with van der Waals surface area (Å²) in [6, 6.07) is 14.5. The van der Waals surface area contributed by atoms with Crippen molar-refractivity contribution in [1.29, 1.82) is 0 Å². The minimum Gasteiger partial charge on any atom is -0.376 e. The molecule has 1 saturated heterocycles. The van der Waals surface area contributed by atoms with Crippen LogP contribution in [0, 0.1) is 12.7 Å². The SMILES string of the molecule is Cc1ccccc1-n1nc(C(C)(C)C)c2c1N(CC(=O)NC[C@@H]1CCCO1)C(=O)CS[C@H]2c1ccccc1F. The number of hydrogen-bond acceptors (Lipinski definition) is 5. The molecular weight excluding hydrogens is 515 g/mol. The van der Waals surface area contributed by atoms with Crippen LogP contribution in [0.25, 0.3) is 5.69 Å². The fourth-order valence-electron chi connectivity index (χ4n) is 5.21. The van der Waals surface area contributed by atoms with E-state index in [1.165, 1.54) is 22.7 Å². The van der Waals surface area contributed by atoms with Crippen molar-refractivity contribution in [1.82, 2.24) is 15.1 Å². The van der Waals surface area contributed by atoms with E-state index in [0.717, 1.165) is 35.3 Å². The molecule has 0 aliphatic carbocycles. The van der Waals surface area contributed by atoms with Crippen LogP contribution < -0.4 is 10.2 Å². The highest BCUT2D eigenvalue weighted by atomic mass is 32.2. The normalized spacial score (nSPS) is 19.6. The van der Waals surface area contributed by atoms with Gasteiger partial charge in [-0.1, -0.05) is 57.2 Å². The van der Waals surface area contributed by atoms with Gasteiger partial charge in [-0.05, 0) is 37.5 Å². The number of aromatic nitrogens is 2. The maximum atomic E-state index is 15.3. The monoisotopic (exact) mass is 550 g/mol. The number of para-hydroxylation sites is 1. The Morgan fingerprint density at radius 1 is 1.18 bits per heavy atom. The molecular formula is C30H35FN4O3S. The van der Waals surface area contributed by atoms with E-state index in [9.17, 15) is 9.59 Å². The number of carbonyl (C=O) groups excluding carboxylic acids is 2. The standard InChI is InChI=1S/C30H35FN4O3S/c1-19-10-5-8-14-23(19)35-29-26(28(33-35)30(2,3)4)27(21-12-6-7-13-22(21)31)39-18-25(37)34(29)17-24(36)32-16-20-11-9-15-38-20/h5-8,10,12-14,20,27H,9,11,15-18H2,1-4H3,(H,32,36)/t20-,27-/m0/s1. The molecule has 2 amide bonds. The van der Waals surface area contributed by atoms with E-state index in [1.807, 2.05) is 37.3 Å². The number of amides is 2. The second-order valence-corrected chi connectivity index (χ2v) is 12.3. The Labute approximate surface area is 233 Å². The third-order valence-electron chi connectivity index (χ3n) is 7.18. The Morgan fingerprint density at radius 2 is 1.92 bits per heavy atom. The van der Waals surface area contributed by atoms with Gasteiger partial charge in [-0.2, -0.15) is 5.10 Å². The molecule has 3 aromatic rings. The number of fused-ring (bicyclic) bond motifs is 1. The van der Waals surface area contributed by atoms with Crippen LogP contribution >= 0.6 is 11.8 Å². The maximum Gasteiger partial charge on any atom is 0.240 e. The second-order valence-electron chi connectivity index (χ2n) is 11.2. The van der Waals surface area contributed by atoms with Crippen molar-refractivity contribution >= 4 is 29.4 Å². The molecule has 1 aromatic heterocycles. The number of ether oxygens (including phenoxy) is 1. The Kier molecular flexibility index (Phi) is 7.82. The van der Waals surface area contributed by atoms with Gasteiger partial charge in [0.1, 0.15) is 18.2 Å². The molecule has 0 spiro atoms. The zero-order valence-electron chi connectivity index (χ0n) is 22.9. The number of hydrogen-bond donors (Lipinski definition) is 1. The first-order valence-corrected chi connectivity index (χ1v) is 14.4. The Balaban J connectivity index is 1.67. The molecule has 0 radical (unpaired) electrons. The summed E-state index contributed by atoms with van der Waals surface area (Å²) >= 11 is 1.37. The van der Waals surface area contributed by atoms with Crippen molar-refractivity contribution < 1.29 is 18.7 Å². The Bertz CT molecular complexity index is 1380. The number of halogens is 1. The van der Waals surface area contributed by atoms with Gasteiger partial charge < -0.3 is 10.1 Å². The lowest BCUT2D eigenvalue weighted by atomic mass is 9.87. The van der Waals surface area contributed by atoms with E-state index in [4.69, 9.17) is 9.84 Å². The van der Waals surface area contributed by atoms with Crippen molar-refractivity contribution in [2.24, 2.45) is 0 Å². The highest BCUT2D eigenvalue weighted by Gasteiger charge is 2.40. The highest BCUT2D eigenvalue weighted by molar-refractivity contribution is 8.00. The van der Waals surface area contributed by atoms with E-state index in [0.29, 0.717) is 24.5 Å². The fraction of sp³-hybridized carbons (Fsp3) is 0.433. The Morgan fingerprint density at radius 3 is 2.62 bits per heavy atom. The lowest BCUT2D eigenvalue weighted by Gasteiger charge is -2.25. The summed E-state index contributed by atoms with van der Waals surface area (Å²) in [6.45, 7) is 9.12. The highest BCUT2D eigenvalue weighted by Crippen LogP contribution is 2.49. The molecule has 5 rings (SSSR count). The summed E-state index contributed by atoms with van der Waals surface area (Å²) < 4.78 is 22.7.